The summed E-state index contributed by atoms with van der Waals surface area (Å²) >= 11 is 0. The quantitative estimate of drug-likeness (QED) is 0.649. The van der Waals surface area contributed by atoms with Crippen LogP contribution in [-0.2, 0) is 5.41 Å². The largest absolute Gasteiger partial charge is 0.257 e. The molecule has 2 rings (SSSR count). The van der Waals surface area contributed by atoms with Gasteiger partial charge in [-0.3, -0.25) is 4.99 Å². The summed E-state index contributed by atoms with van der Waals surface area (Å²) in [5, 5.41) is 0. The zero-order valence-electron chi connectivity index (χ0n) is 10.6. The number of unbranched alkanes of at least 4 members (excludes halogenated alkanes) is 2. The van der Waals surface area contributed by atoms with Gasteiger partial charge in [0.25, 0.3) is 0 Å². The van der Waals surface area contributed by atoms with Crippen molar-refractivity contribution in [3.8, 4) is 0 Å². The third-order valence-corrected chi connectivity index (χ3v) is 3.87. The van der Waals surface area contributed by atoms with E-state index in [1.165, 1.54) is 42.6 Å². The van der Waals surface area contributed by atoms with Crippen LogP contribution in [0.25, 0.3) is 0 Å². The lowest BCUT2D eigenvalue weighted by Crippen LogP contribution is -2.27. The van der Waals surface area contributed by atoms with Gasteiger partial charge in [0.1, 0.15) is 0 Å². The van der Waals surface area contributed by atoms with E-state index in [1.807, 2.05) is 0 Å². The Kier molecular flexibility index (Phi) is 3.13. The first kappa shape index (κ1) is 11.4. The average molecular weight is 215 g/mol. The van der Waals surface area contributed by atoms with Crippen molar-refractivity contribution in [2.45, 2.75) is 51.9 Å². The number of rotatable bonds is 4. The first-order valence-electron chi connectivity index (χ1n) is 6.34. The smallest absolute Gasteiger partial charge is 0.0670 e. The number of benzene rings is 1. The van der Waals surface area contributed by atoms with Crippen molar-refractivity contribution < 1.29 is 0 Å². The average Bonchev–Trinajstić information content (AvgIpc) is 2.53. The number of aliphatic imine (C=N–C) groups is 1. The predicted molar refractivity (Wildman–Crippen MR) is 70.7 cm³/mol. The van der Waals surface area contributed by atoms with Crippen molar-refractivity contribution in [1.82, 2.24) is 0 Å². The monoisotopic (exact) mass is 215 g/mol. The van der Waals surface area contributed by atoms with Crippen molar-refractivity contribution in [3.63, 3.8) is 0 Å². The molecule has 1 aliphatic rings. The minimum atomic E-state index is 0.186. The Bertz CT molecular complexity index is 406. The predicted octanol–water partition coefficient (Wildman–Crippen LogP) is 4.63. The molecule has 0 aromatic heterocycles. The Labute approximate surface area is 98.6 Å². The van der Waals surface area contributed by atoms with E-state index in [0.717, 1.165) is 0 Å². The van der Waals surface area contributed by atoms with Crippen molar-refractivity contribution >= 4 is 11.4 Å². The summed E-state index contributed by atoms with van der Waals surface area (Å²) in [4.78, 5) is 4.70. The molecule has 0 spiro atoms. The lowest BCUT2D eigenvalue weighted by molar-refractivity contribution is 0.533. The molecule has 1 unspecified atom stereocenters. The molecule has 1 atom stereocenters. The van der Waals surface area contributed by atoms with Crippen LogP contribution in [0.4, 0.5) is 5.69 Å². The van der Waals surface area contributed by atoms with Crippen LogP contribution in [-0.4, -0.2) is 5.71 Å². The number of hydrogen-bond donors (Lipinski definition) is 0. The zero-order chi connectivity index (χ0) is 11.6. The molecule has 1 nitrogen and oxygen atoms in total. The van der Waals surface area contributed by atoms with E-state index in [0.29, 0.717) is 0 Å². The van der Waals surface area contributed by atoms with E-state index < -0.39 is 0 Å². The van der Waals surface area contributed by atoms with E-state index in [-0.39, 0.29) is 5.41 Å². The lowest BCUT2D eigenvalue weighted by atomic mass is 9.76. The summed E-state index contributed by atoms with van der Waals surface area (Å²) in [5.74, 6) is 0. The summed E-state index contributed by atoms with van der Waals surface area (Å²) in [6.07, 6.45) is 5.14. The van der Waals surface area contributed by atoms with Crippen LogP contribution in [0, 0.1) is 0 Å². The van der Waals surface area contributed by atoms with E-state index >= 15 is 0 Å². The molecule has 0 N–H and O–H groups in total. The summed E-state index contributed by atoms with van der Waals surface area (Å²) < 4.78 is 0. The van der Waals surface area contributed by atoms with Crippen LogP contribution >= 0.6 is 0 Å². The maximum Gasteiger partial charge on any atom is 0.0670 e. The Hall–Kier alpha value is -1.11. The third-order valence-electron chi connectivity index (χ3n) is 3.87. The fraction of sp³-hybridized carbons (Fsp3) is 0.533. The minimum Gasteiger partial charge on any atom is -0.257 e. The SMILES string of the molecule is CCCCCC1(C)C(C)=Nc2ccccc21. The van der Waals surface area contributed by atoms with Crippen LogP contribution < -0.4 is 0 Å². The number of nitrogens with zero attached hydrogens (tertiary/aromatic N) is 1. The van der Waals surface area contributed by atoms with E-state index in [4.69, 9.17) is 4.99 Å². The summed E-state index contributed by atoms with van der Waals surface area (Å²) in [5.41, 5.74) is 4.07. The molecule has 0 saturated carbocycles. The van der Waals surface area contributed by atoms with Gasteiger partial charge < -0.3 is 0 Å². The van der Waals surface area contributed by atoms with Gasteiger partial charge in [-0.05, 0) is 25.0 Å². The Morgan fingerprint density at radius 3 is 2.69 bits per heavy atom. The highest BCUT2D eigenvalue weighted by atomic mass is 14.8. The van der Waals surface area contributed by atoms with Gasteiger partial charge in [-0.15, -0.1) is 0 Å². The normalized spacial score (nSPS) is 23.1. The molecule has 0 saturated heterocycles. The highest BCUT2D eigenvalue weighted by Gasteiger charge is 2.35. The van der Waals surface area contributed by atoms with Gasteiger partial charge >= 0.3 is 0 Å². The van der Waals surface area contributed by atoms with Crippen LogP contribution in [0.3, 0.4) is 0 Å². The van der Waals surface area contributed by atoms with Crippen LogP contribution in [0.1, 0.15) is 52.0 Å². The molecule has 0 aliphatic carbocycles. The molecular weight excluding hydrogens is 194 g/mol. The van der Waals surface area contributed by atoms with Crippen LogP contribution in [0.15, 0.2) is 29.3 Å². The fourth-order valence-corrected chi connectivity index (χ4v) is 2.58. The zero-order valence-corrected chi connectivity index (χ0v) is 10.6. The molecule has 86 valence electrons. The Morgan fingerprint density at radius 1 is 1.19 bits per heavy atom. The molecule has 1 aromatic rings. The summed E-state index contributed by atoms with van der Waals surface area (Å²) in [6.45, 7) is 6.77. The molecule has 16 heavy (non-hydrogen) atoms. The van der Waals surface area contributed by atoms with E-state index in [9.17, 15) is 0 Å². The van der Waals surface area contributed by atoms with Crippen molar-refractivity contribution in [2.24, 2.45) is 4.99 Å². The molecule has 1 heterocycles. The van der Waals surface area contributed by atoms with E-state index in [1.54, 1.807) is 0 Å². The molecule has 1 aliphatic heterocycles. The number of para-hydroxylation sites is 1. The minimum absolute atomic E-state index is 0.186. The second-order valence-electron chi connectivity index (χ2n) is 5.00. The summed E-state index contributed by atoms with van der Waals surface area (Å²) in [6, 6.07) is 8.57. The second-order valence-corrected chi connectivity index (χ2v) is 5.00. The Balaban J connectivity index is 2.24. The van der Waals surface area contributed by atoms with Crippen LogP contribution in [0.2, 0.25) is 0 Å². The standard InChI is InChI=1S/C15H21N/c1-4-5-8-11-15(3)12(2)16-14-10-7-6-9-13(14)15/h6-7,9-10H,4-5,8,11H2,1-3H3. The van der Waals surface area contributed by atoms with Gasteiger partial charge in [0.05, 0.1) is 5.69 Å². The number of hydrogen-bond acceptors (Lipinski definition) is 1. The van der Waals surface area contributed by atoms with Gasteiger partial charge in [0, 0.05) is 11.1 Å². The molecule has 0 fully saturated rings. The first-order chi connectivity index (χ1) is 7.68. The second kappa shape index (κ2) is 4.40. The first-order valence-corrected chi connectivity index (χ1v) is 6.34. The topological polar surface area (TPSA) is 12.4 Å². The van der Waals surface area contributed by atoms with E-state index in [2.05, 4.69) is 45.0 Å². The maximum absolute atomic E-state index is 4.70. The van der Waals surface area contributed by atoms with Gasteiger partial charge in [0.15, 0.2) is 0 Å². The van der Waals surface area contributed by atoms with Gasteiger partial charge in [-0.1, -0.05) is 51.3 Å². The molecular formula is C15H21N. The molecule has 0 amide bonds. The molecule has 1 aromatic carbocycles. The molecule has 0 radical (unpaired) electrons. The third kappa shape index (κ3) is 1.79. The van der Waals surface area contributed by atoms with Crippen molar-refractivity contribution in [1.29, 1.82) is 0 Å². The highest BCUT2D eigenvalue weighted by molar-refractivity contribution is 5.99. The van der Waals surface area contributed by atoms with Crippen LogP contribution in [0.5, 0.6) is 0 Å². The number of fused-ring (bicyclic) bond motifs is 1. The van der Waals surface area contributed by atoms with Gasteiger partial charge in [0.2, 0.25) is 0 Å². The fourth-order valence-electron chi connectivity index (χ4n) is 2.58. The Morgan fingerprint density at radius 2 is 1.94 bits per heavy atom. The highest BCUT2D eigenvalue weighted by Crippen LogP contribution is 2.42. The summed E-state index contributed by atoms with van der Waals surface area (Å²) in [7, 11) is 0. The molecule has 1 heteroatoms. The molecule has 0 bridgehead atoms. The lowest BCUT2D eigenvalue weighted by Gasteiger charge is -2.26. The van der Waals surface area contributed by atoms with Crippen molar-refractivity contribution in [3.05, 3.63) is 29.8 Å². The van der Waals surface area contributed by atoms with Crippen molar-refractivity contribution in [2.75, 3.05) is 0 Å². The maximum atomic E-state index is 4.70. The van der Waals surface area contributed by atoms with Gasteiger partial charge in [-0.2, -0.15) is 0 Å². The van der Waals surface area contributed by atoms with Gasteiger partial charge in [-0.25, -0.2) is 0 Å².